The van der Waals surface area contributed by atoms with E-state index in [0.29, 0.717) is 11.4 Å². The zero-order chi connectivity index (χ0) is 22.9. The molecule has 2 amide bonds. The molecular weight excluding hydrogens is 434 g/mol. The van der Waals surface area contributed by atoms with Crippen molar-refractivity contribution in [2.24, 2.45) is 0 Å². The van der Waals surface area contributed by atoms with Gasteiger partial charge >= 0.3 is 0 Å². The standard InChI is InChI=1S/C20H17N7O4S/c1-11(28)27-32(30,31)15-6-4-14(5-7-15)24-20(29)18-19(21)22-10-17(25-18)12-2-3-13-9-23-26-16(13)8-12/h2-10H,1H3,(H2,21,22)(H,23,26)(H,24,29)(H,27,28). The number of hydrogen-bond acceptors (Lipinski definition) is 8. The predicted molar refractivity (Wildman–Crippen MR) is 117 cm³/mol. The molecule has 2 heterocycles. The third-order valence-corrected chi connectivity index (χ3v) is 5.90. The fourth-order valence-electron chi connectivity index (χ4n) is 2.96. The Morgan fingerprint density at radius 2 is 1.81 bits per heavy atom. The number of hydrogen-bond donors (Lipinski definition) is 4. The van der Waals surface area contributed by atoms with E-state index in [9.17, 15) is 18.0 Å². The second-order valence-corrected chi connectivity index (χ2v) is 8.48. The molecule has 0 saturated carbocycles. The third-order valence-electron chi connectivity index (χ3n) is 4.45. The van der Waals surface area contributed by atoms with Crippen LogP contribution in [0.5, 0.6) is 0 Å². The van der Waals surface area contributed by atoms with Crippen LogP contribution in [0.25, 0.3) is 22.2 Å². The summed E-state index contributed by atoms with van der Waals surface area (Å²) >= 11 is 0. The first kappa shape index (κ1) is 20.9. The van der Waals surface area contributed by atoms with Gasteiger partial charge in [-0.25, -0.2) is 23.1 Å². The second-order valence-electron chi connectivity index (χ2n) is 6.80. The van der Waals surface area contributed by atoms with Crippen LogP contribution in [0.3, 0.4) is 0 Å². The molecule has 11 nitrogen and oxygen atoms in total. The van der Waals surface area contributed by atoms with Gasteiger partial charge in [-0.1, -0.05) is 12.1 Å². The topological polar surface area (TPSA) is 173 Å². The fraction of sp³-hybridized carbons (Fsp3) is 0.0500. The molecule has 0 atom stereocenters. The zero-order valence-corrected chi connectivity index (χ0v) is 17.5. The van der Waals surface area contributed by atoms with E-state index < -0.39 is 21.8 Å². The zero-order valence-electron chi connectivity index (χ0n) is 16.7. The second kappa shape index (κ2) is 8.07. The number of nitrogens with zero attached hydrogens (tertiary/aromatic N) is 3. The highest BCUT2D eigenvalue weighted by Crippen LogP contribution is 2.23. The highest BCUT2D eigenvalue weighted by atomic mass is 32.2. The minimum Gasteiger partial charge on any atom is -0.382 e. The van der Waals surface area contributed by atoms with Crippen molar-refractivity contribution in [1.82, 2.24) is 24.9 Å². The van der Waals surface area contributed by atoms with Crippen molar-refractivity contribution in [3.8, 4) is 11.3 Å². The molecule has 0 spiro atoms. The average Bonchev–Trinajstić information content (AvgIpc) is 3.21. The van der Waals surface area contributed by atoms with Crippen molar-refractivity contribution < 1.29 is 18.0 Å². The summed E-state index contributed by atoms with van der Waals surface area (Å²) in [6, 6.07) is 10.8. The minimum absolute atomic E-state index is 0.0567. The monoisotopic (exact) mass is 451 g/mol. The van der Waals surface area contributed by atoms with Gasteiger partial charge < -0.3 is 11.1 Å². The number of rotatable bonds is 5. The Hall–Kier alpha value is -4.32. The number of nitrogens with two attached hydrogens (primary N) is 1. The molecule has 4 aromatic rings. The number of fused-ring (bicyclic) bond motifs is 1. The molecule has 5 N–H and O–H groups in total. The van der Waals surface area contributed by atoms with Gasteiger partial charge in [-0.2, -0.15) is 5.10 Å². The van der Waals surface area contributed by atoms with Gasteiger partial charge in [0.25, 0.3) is 15.9 Å². The van der Waals surface area contributed by atoms with Crippen LogP contribution in [0.1, 0.15) is 17.4 Å². The van der Waals surface area contributed by atoms with Gasteiger partial charge in [0, 0.05) is 23.6 Å². The summed E-state index contributed by atoms with van der Waals surface area (Å²) in [6.07, 6.45) is 3.16. The summed E-state index contributed by atoms with van der Waals surface area (Å²) in [6.45, 7) is 1.10. The number of aromatic amines is 1. The number of benzene rings is 2. The van der Waals surface area contributed by atoms with E-state index in [-0.39, 0.29) is 16.4 Å². The number of carbonyl (C=O) groups is 2. The molecule has 12 heteroatoms. The first-order valence-corrected chi connectivity index (χ1v) is 10.7. The molecule has 2 aromatic heterocycles. The molecule has 0 fully saturated rings. The van der Waals surface area contributed by atoms with Crippen molar-refractivity contribution in [3.63, 3.8) is 0 Å². The van der Waals surface area contributed by atoms with Crippen molar-refractivity contribution in [2.45, 2.75) is 11.8 Å². The predicted octanol–water partition coefficient (Wildman–Crippen LogP) is 1.68. The molecule has 0 radical (unpaired) electrons. The van der Waals surface area contributed by atoms with Crippen LogP contribution in [0.4, 0.5) is 11.5 Å². The molecule has 0 aliphatic carbocycles. The highest BCUT2D eigenvalue weighted by molar-refractivity contribution is 7.90. The Kier molecular flexibility index (Phi) is 5.28. The summed E-state index contributed by atoms with van der Waals surface area (Å²) in [7, 11) is -3.97. The molecule has 0 bridgehead atoms. The van der Waals surface area contributed by atoms with Crippen LogP contribution in [0.2, 0.25) is 0 Å². The number of anilines is 2. The smallest absolute Gasteiger partial charge is 0.278 e. The lowest BCUT2D eigenvalue weighted by molar-refractivity contribution is -0.117. The van der Waals surface area contributed by atoms with Gasteiger partial charge in [-0.3, -0.25) is 14.7 Å². The molecule has 0 aliphatic heterocycles. The SMILES string of the molecule is CC(=O)NS(=O)(=O)c1ccc(NC(=O)c2nc(-c3ccc4cn[nH]c4c3)cnc2N)cc1. The summed E-state index contributed by atoms with van der Waals surface area (Å²) in [5.74, 6) is -1.38. The van der Waals surface area contributed by atoms with E-state index >= 15 is 0 Å². The largest absolute Gasteiger partial charge is 0.382 e. The maximum Gasteiger partial charge on any atom is 0.278 e. The lowest BCUT2D eigenvalue weighted by Crippen LogP contribution is -2.28. The highest BCUT2D eigenvalue weighted by Gasteiger charge is 2.18. The van der Waals surface area contributed by atoms with Crippen molar-refractivity contribution in [3.05, 3.63) is 60.6 Å². The van der Waals surface area contributed by atoms with Gasteiger partial charge in [0.05, 0.1) is 28.5 Å². The van der Waals surface area contributed by atoms with Crippen molar-refractivity contribution >= 4 is 44.2 Å². The number of nitrogens with one attached hydrogen (secondary N) is 3. The van der Waals surface area contributed by atoms with Crippen LogP contribution in [-0.4, -0.2) is 40.4 Å². The Morgan fingerprint density at radius 1 is 1.06 bits per heavy atom. The summed E-state index contributed by atoms with van der Waals surface area (Å²) in [5.41, 5.74) is 8.05. The van der Waals surface area contributed by atoms with Crippen LogP contribution in [0.15, 0.2) is 59.8 Å². The number of amides is 2. The molecule has 32 heavy (non-hydrogen) atoms. The minimum atomic E-state index is -3.97. The molecule has 162 valence electrons. The number of nitrogen functional groups attached to an aromatic ring is 1. The van der Waals surface area contributed by atoms with E-state index in [2.05, 4.69) is 25.5 Å². The van der Waals surface area contributed by atoms with E-state index in [1.165, 1.54) is 30.5 Å². The summed E-state index contributed by atoms with van der Waals surface area (Å²) < 4.78 is 25.9. The lowest BCUT2D eigenvalue weighted by Gasteiger charge is -2.09. The first-order chi connectivity index (χ1) is 15.2. The molecule has 0 unspecified atom stereocenters. The third kappa shape index (κ3) is 4.25. The normalized spacial score (nSPS) is 11.3. The first-order valence-electron chi connectivity index (χ1n) is 9.24. The number of H-pyrrole nitrogens is 1. The quantitative estimate of drug-likeness (QED) is 0.355. The number of sulfonamides is 1. The average molecular weight is 451 g/mol. The Labute approximate surface area is 182 Å². The van der Waals surface area contributed by atoms with Gasteiger partial charge in [-0.05, 0) is 30.3 Å². The van der Waals surface area contributed by atoms with Crippen LogP contribution >= 0.6 is 0 Å². The van der Waals surface area contributed by atoms with E-state index in [4.69, 9.17) is 5.73 Å². The van der Waals surface area contributed by atoms with Crippen LogP contribution < -0.4 is 15.8 Å². The summed E-state index contributed by atoms with van der Waals surface area (Å²) in [5, 5.41) is 10.4. The fourth-order valence-corrected chi connectivity index (χ4v) is 3.95. The van der Waals surface area contributed by atoms with Crippen LogP contribution in [-0.2, 0) is 14.8 Å². The molecule has 4 rings (SSSR count). The van der Waals surface area contributed by atoms with E-state index in [1.807, 2.05) is 22.9 Å². The van der Waals surface area contributed by atoms with Crippen molar-refractivity contribution in [1.29, 1.82) is 0 Å². The van der Waals surface area contributed by atoms with Gasteiger partial charge in [0.2, 0.25) is 5.91 Å². The Balaban J connectivity index is 1.57. The number of carbonyl (C=O) groups excluding carboxylic acids is 2. The molecular formula is C20H17N7O4S. The molecule has 2 aromatic carbocycles. The molecule has 0 aliphatic rings. The Bertz CT molecular complexity index is 1450. The maximum atomic E-state index is 12.7. The molecule has 0 saturated heterocycles. The van der Waals surface area contributed by atoms with Gasteiger partial charge in [-0.15, -0.1) is 0 Å². The van der Waals surface area contributed by atoms with Crippen molar-refractivity contribution in [2.75, 3.05) is 11.1 Å². The van der Waals surface area contributed by atoms with Crippen LogP contribution in [0, 0.1) is 0 Å². The van der Waals surface area contributed by atoms with Gasteiger partial charge in [0.15, 0.2) is 11.5 Å². The number of aromatic nitrogens is 4. The Morgan fingerprint density at radius 3 is 2.53 bits per heavy atom. The lowest BCUT2D eigenvalue weighted by atomic mass is 10.1. The van der Waals surface area contributed by atoms with Gasteiger partial charge in [0.1, 0.15) is 0 Å². The van der Waals surface area contributed by atoms with E-state index in [1.54, 1.807) is 6.20 Å². The summed E-state index contributed by atoms with van der Waals surface area (Å²) in [4.78, 5) is 32.1. The maximum absolute atomic E-state index is 12.7. The van der Waals surface area contributed by atoms with E-state index in [0.717, 1.165) is 23.4 Å².